The maximum atomic E-state index is 11.7. The number of carbonyl (C=O) groups excluding carboxylic acids is 3. The Morgan fingerprint density at radius 3 is 1.96 bits per heavy atom. The van der Waals surface area contributed by atoms with E-state index in [2.05, 4.69) is 0 Å². The zero-order chi connectivity index (χ0) is 21.1. The Labute approximate surface area is 175 Å². The normalized spacial score (nSPS) is 31.5. The minimum atomic E-state index is -2.62. The summed E-state index contributed by atoms with van der Waals surface area (Å²) in [6.45, 7) is 8.61. The van der Waals surface area contributed by atoms with Crippen molar-refractivity contribution < 1.29 is 42.4 Å². The predicted octanol–water partition coefficient (Wildman–Crippen LogP) is 1.14. The molecule has 2 fully saturated rings. The van der Waals surface area contributed by atoms with Crippen LogP contribution in [0.15, 0.2) is 0 Å². The molecule has 0 bridgehead atoms. The van der Waals surface area contributed by atoms with E-state index >= 15 is 0 Å². The van der Waals surface area contributed by atoms with Gasteiger partial charge < -0.3 is 0 Å². The van der Waals surface area contributed by atoms with Crippen molar-refractivity contribution in [3.05, 3.63) is 0 Å². The first-order chi connectivity index (χ1) is 12.9. The molecule has 0 aromatic heterocycles. The van der Waals surface area contributed by atoms with Crippen LogP contribution in [0.4, 0.5) is 0 Å². The van der Waals surface area contributed by atoms with Crippen LogP contribution >= 0.6 is 5.18 Å². The van der Waals surface area contributed by atoms with Crippen LogP contribution in [0.2, 0.25) is 0 Å². The SMILES string of the molecule is CC(=O)O[C@@H]1[C@@H](OC(C)=O)[C@H]([Se]P2(=S)OCC(C)(C)CO2)OC[C@H]1OC(C)=O. The molecule has 2 aliphatic rings. The summed E-state index contributed by atoms with van der Waals surface area (Å²) < 4.78 is 33.5. The van der Waals surface area contributed by atoms with Crippen LogP contribution in [0, 0.1) is 5.41 Å². The van der Waals surface area contributed by atoms with Gasteiger partial charge >= 0.3 is 175 Å². The van der Waals surface area contributed by atoms with E-state index in [1.54, 1.807) is 0 Å². The average molecular weight is 503 g/mol. The second kappa shape index (κ2) is 9.51. The van der Waals surface area contributed by atoms with Crippen LogP contribution < -0.4 is 0 Å². The molecule has 0 N–H and O–H groups in total. The van der Waals surface area contributed by atoms with E-state index in [-0.39, 0.29) is 12.0 Å². The van der Waals surface area contributed by atoms with Gasteiger partial charge in [0.05, 0.1) is 0 Å². The minimum absolute atomic E-state index is 0.0253. The molecule has 4 atom stereocenters. The van der Waals surface area contributed by atoms with Crippen molar-refractivity contribution in [2.75, 3.05) is 19.8 Å². The van der Waals surface area contributed by atoms with Crippen LogP contribution in [0.3, 0.4) is 0 Å². The van der Waals surface area contributed by atoms with Crippen LogP contribution in [0.1, 0.15) is 34.6 Å². The summed E-state index contributed by atoms with van der Waals surface area (Å²) in [7, 11) is 0. The Morgan fingerprint density at radius 1 is 0.964 bits per heavy atom. The van der Waals surface area contributed by atoms with Gasteiger partial charge in [0, 0.05) is 0 Å². The number of ether oxygens (including phenoxy) is 4. The zero-order valence-corrected chi connectivity index (χ0v) is 19.8. The molecule has 2 aliphatic heterocycles. The van der Waals surface area contributed by atoms with Crippen molar-refractivity contribution in [3.8, 4) is 0 Å². The van der Waals surface area contributed by atoms with Gasteiger partial charge in [0.1, 0.15) is 0 Å². The van der Waals surface area contributed by atoms with Gasteiger partial charge in [0.15, 0.2) is 0 Å². The molecule has 0 aromatic carbocycles. The summed E-state index contributed by atoms with van der Waals surface area (Å²) in [4.78, 5) is 34.7. The average Bonchev–Trinajstić information content (AvgIpc) is 2.55. The first-order valence-corrected chi connectivity index (χ1v) is 14.5. The third kappa shape index (κ3) is 6.76. The van der Waals surface area contributed by atoms with E-state index < -0.39 is 60.9 Å². The molecule has 9 nitrogen and oxygen atoms in total. The number of carbonyl (C=O) groups is 3. The fourth-order valence-electron chi connectivity index (χ4n) is 2.57. The van der Waals surface area contributed by atoms with E-state index in [1.165, 1.54) is 20.8 Å². The molecule has 2 rings (SSSR count). The molecule has 2 heterocycles. The zero-order valence-electron chi connectivity index (χ0n) is 16.4. The van der Waals surface area contributed by atoms with Crippen molar-refractivity contribution in [1.29, 1.82) is 0 Å². The summed E-state index contributed by atoms with van der Waals surface area (Å²) in [5, 5.41) is -3.29. The molecule has 2 saturated heterocycles. The van der Waals surface area contributed by atoms with Crippen LogP contribution in [-0.4, -0.2) is 75.6 Å². The first-order valence-electron chi connectivity index (χ1n) is 8.61. The topological polar surface area (TPSA) is 107 Å². The molecule has 160 valence electrons. The Kier molecular flexibility index (Phi) is 8.06. The molecule has 0 spiro atoms. The Hall–Kier alpha value is -0.541. The standard InChI is InChI=1S/C16H25O9PSSe/c1-9(17)23-12-6-20-15(14(25-11(3)19)13(12)24-10(2)18)28-26(27)21-7-16(4,5)8-22-26/h12-15H,6-8H2,1-5H3/t12-,13+,14-,15+/m1/s1. The first kappa shape index (κ1) is 23.7. The Morgan fingerprint density at radius 2 is 1.46 bits per heavy atom. The van der Waals surface area contributed by atoms with Gasteiger partial charge in [-0.05, 0) is 0 Å². The molecule has 0 saturated carbocycles. The quantitative estimate of drug-likeness (QED) is 0.235. The van der Waals surface area contributed by atoms with E-state index in [1.807, 2.05) is 13.8 Å². The van der Waals surface area contributed by atoms with E-state index in [0.717, 1.165) is 0 Å². The van der Waals surface area contributed by atoms with Crippen molar-refractivity contribution in [2.24, 2.45) is 5.41 Å². The molecular formula is C16H25O9PSSe. The van der Waals surface area contributed by atoms with Crippen LogP contribution in [0.25, 0.3) is 0 Å². The predicted molar refractivity (Wildman–Crippen MR) is 102 cm³/mol. The Bertz CT molecular complexity index is 657. The third-order valence-corrected chi connectivity index (χ3v) is 12.2. The summed E-state index contributed by atoms with van der Waals surface area (Å²) >= 11 is 5.08. The summed E-state index contributed by atoms with van der Waals surface area (Å²) in [6, 6.07) is 0. The number of hydrogen-bond donors (Lipinski definition) is 0. The van der Waals surface area contributed by atoms with E-state index in [9.17, 15) is 14.4 Å². The summed E-state index contributed by atoms with van der Waals surface area (Å²) in [5.74, 6) is -1.75. The summed E-state index contributed by atoms with van der Waals surface area (Å²) in [6.07, 6.45) is -2.89. The molecule has 0 radical (unpaired) electrons. The third-order valence-electron chi connectivity index (χ3n) is 3.76. The van der Waals surface area contributed by atoms with Crippen molar-refractivity contribution in [1.82, 2.24) is 0 Å². The molecular weight excluding hydrogens is 478 g/mol. The van der Waals surface area contributed by atoms with Gasteiger partial charge in [-0.25, -0.2) is 0 Å². The second-order valence-corrected chi connectivity index (χ2v) is 17.2. The molecule has 28 heavy (non-hydrogen) atoms. The maximum absolute atomic E-state index is 11.7. The van der Waals surface area contributed by atoms with E-state index in [4.69, 9.17) is 39.8 Å². The summed E-state index contributed by atoms with van der Waals surface area (Å²) in [5.41, 5.74) is -0.137. The monoisotopic (exact) mass is 504 g/mol. The van der Waals surface area contributed by atoms with Gasteiger partial charge in [0.25, 0.3) is 0 Å². The number of rotatable bonds is 5. The number of hydrogen-bond acceptors (Lipinski definition) is 10. The molecule has 0 aromatic rings. The fraction of sp³-hybridized carbons (Fsp3) is 0.812. The second-order valence-electron chi connectivity index (χ2n) is 7.26. The van der Waals surface area contributed by atoms with Gasteiger partial charge in [-0.1, -0.05) is 0 Å². The van der Waals surface area contributed by atoms with Crippen LogP contribution in [-0.2, 0) is 54.2 Å². The fourth-order valence-corrected chi connectivity index (χ4v) is 10.6. The molecule has 12 heteroatoms. The van der Waals surface area contributed by atoms with Crippen molar-refractivity contribution in [3.63, 3.8) is 0 Å². The van der Waals surface area contributed by atoms with E-state index in [0.29, 0.717) is 13.2 Å². The number of esters is 3. The molecule has 0 amide bonds. The van der Waals surface area contributed by atoms with Gasteiger partial charge in [-0.15, -0.1) is 0 Å². The molecule has 0 unspecified atom stereocenters. The Balaban J connectivity index is 2.22. The van der Waals surface area contributed by atoms with Crippen LogP contribution in [0.5, 0.6) is 0 Å². The van der Waals surface area contributed by atoms with Gasteiger partial charge in [-0.3, -0.25) is 0 Å². The van der Waals surface area contributed by atoms with Crippen molar-refractivity contribution in [2.45, 2.75) is 57.9 Å². The molecule has 0 aliphatic carbocycles. The van der Waals surface area contributed by atoms with Gasteiger partial charge in [0.2, 0.25) is 0 Å². The van der Waals surface area contributed by atoms with Gasteiger partial charge in [-0.2, -0.15) is 0 Å². The van der Waals surface area contributed by atoms with Crippen molar-refractivity contribution >= 4 is 49.4 Å².